The lowest BCUT2D eigenvalue weighted by molar-refractivity contribution is 0.103. The van der Waals surface area contributed by atoms with Gasteiger partial charge in [-0.15, -0.1) is 16.4 Å². The van der Waals surface area contributed by atoms with Crippen molar-refractivity contribution in [3.63, 3.8) is 0 Å². The summed E-state index contributed by atoms with van der Waals surface area (Å²) in [6.45, 7) is 1.92. The van der Waals surface area contributed by atoms with Crippen LogP contribution in [0.25, 0.3) is 0 Å². The lowest BCUT2D eigenvalue weighted by atomic mass is 10.2. The smallest absolute Gasteiger partial charge is 0.224 e. The number of aryl methyl sites for hydroxylation is 1. The second-order valence-electron chi connectivity index (χ2n) is 2.55. The number of carbonyl (C=O) groups is 1. The molecule has 0 amide bonds. The molecule has 0 radical (unpaired) electrons. The summed E-state index contributed by atoms with van der Waals surface area (Å²) in [5, 5.41) is 7.31. The zero-order valence-corrected chi connectivity index (χ0v) is 8.48. The minimum atomic E-state index is -0.0266. The first-order chi connectivity index (χ1) is 6.29. The van der Waals surface area contributed by atoms with E-state index in [9.17, 15) is 4.79 Å². The van der Waals surface area contributed by atoms with Crippen LogP contribution < -0.4 is 0 Å². The monoisotopic (exact) mass is 210 g/mol. The Bertz CT molecular complexity index is 419. The van der Waals surface area contributed by atoms with Gasteiger partial charge in [0.1, 0.15) is 5.69 Å². The fourth-order valence-corrected chi connectivity index (χ4v) is 2.30. The molecule has 0 bridgehead atoms. The maximum Gasteiger partial charge on any atom is 0.224 e. The maximum atomic E-state index is 11.7. The molecule has 0 aliphatic rings. The summed E-state index contributed by atoms with van der Waals surface area (Å²) < 4.78 is 3.66. The number of rotatable bonds is 2. The van der Waals surface area contributed by atoms with Gasteiger partial charge in [-0.1, -0.05) is 4.49 Å². The third kappa shape index (κ3) is 1.52. The van der Waals surface area contributed by atoms with Crippen LogP contribution in [0.15, 0.2) is 16.8 Å². The summed E-state index contributed by atoms with van der Waals surface area (Å²) >= 11 is 2.64. The summed E-state index contributed by atoms with van der Waals surface area (Å²) in [7, 11) is 0. The van der Waals surface area contributed by atoms with Crippen molar-refractivity contribution in [1.82, 2.24) is 9.59 Å². The van der Waals surface area contributed by atoms with E-state index in [0.29, 0.717) is 5.69 Å². The van der Waals surface area contributed by atoms with Crippen molar-refractivity contribution in [2.45, 2.75) is 6.92 Å². The van der Waals surface area contributed by atoms with E-state index in [4.69, 9.17) is 0 Å². The van der Waals surface area contributed by atoms with Gasteiger partial charge in [0.15, 0.2) is 0 Å². The van der Waals surface area contributed by atoms with Crippen molar-refractivity contribution in [3.05, 3.63) is 33.0 Å². The van der Waals surface area contributed by atoms with Gasteiger partial charge < -0.3 is 0 Å². The average Bonchev–Trinajstić information content (AvgIpc) is 2.72. The molecule has 2 rings (SSSR count). The van der Waals surface area contributed by atoms with Crippen molar-refractivity contribution >= 4 is 28.7 Å². The molecule has 0 fully saturated rings. The molecule has 13 heavy (non-hydrogen) atoms. The molecule has 5 heteroatoms. The fraction of sp³-hybridized carbons (Fsp3) is 0.125. The van der Waals surface area contributed by atoms with Gasteiger partial charge in [-0.05, 0) is 35.5 Å². The Kier molecular flexibility index (Phi) is 2.20. The van der Waals surface area contributed by atoms with E-state index >= 15 is 0 Å². The minimum absolute atomic E-state index is 0.0266. The predicted octanol–water partition coefficient (Wildman–Crippen LogP) is 2.14. The molecule has 0 aromatic carbocycles. The second kappa shape index (κ2) is 3.35. The predicted molar refractivity (Wildman–Crippen MR) is 52.4 cm³/mol. The van der Waals surface area contributed by atoms with Crippen LogP contribution in [0.1, 0.15) is 20.9 Å². The fourth-order valence-electron chi connectivity index (χ4n) is 0.985. The molecule has 2 heterocycles. The Balaban J connectivity index is 2.39. The molecule has 0 unspecified atom stereocenters. The highest BCUT2D eigenvalue weighted by molar-refractivity contribution is 7.12. The number of aromatic nitrogens is 2. The summed E-state index contributed by atoms with van der Waals surface area (Å²) in [6, 6.07) is 1.93. The van der Waals surface area contributed by atoms with E-state index in [2.05, 4.69) is 9.59 Å². The summed E-state index contributed by atoms with van der Waals surface area (Å²) in [5.74, 6) is -0.0266. The summed E-state index contributed by atoms with van der Waals surface area (Å²) in [5.41, 5.74) is 1.44. The quantitative estimate of drug-likeness (QED) is 0.713. The first-order valence-electron chi connectivity index (χ1n) is 3.65. The van der Waals surface area contributed by atoms with Gasteiger partial charge in [0.25, 0.3) is 0 Å². The molecule has 3 nitrogen and oxygen atoms in total. The molecule has 0 saturated carbocycles. The Hall–Kier alpha value is -1.07. The third-order valence-corrected chi connectivity index (χ3v) is 3.18. The molecular weight excluding hydrogens is 204 g/mol. The Morgan fingerprint density at radius 3 is 2.92 bits per heavy atom. The second-order valence-corrected chi connectivity index (χ2v) is 4.08. The van der Waals surface area contributed by atoms with Gasteiger partial charge in [0, 0.05) is 5.38 Å². The van der Waals surface area contributed by atoms with Crippen LogP contribution >= 0.6 is 22.9 Å². The number of ketones is 1. The zero-order chi connectivity index (χ0) is 9.26. The number of carbonyl (C=O) groups excluding carboxylic acids is 1. The van der Waals surface area contributed by atoms with Gasteiger partial charge in [-0.2, -0.15) is 0 Å². The first-order valence-corrected chi connectivity index (χ1v) is 5.36. The van der Waals surface area contributed by atoms with Crippen LogP contribution in [-0.2, 0) is 0 Å². The normalized spacial score (nSPS) is 10.2. The lowest BCUT2D eigenvalue weighted by Crippen LogP contribution is -2.00. The van der Waals surface area contributed by atoms with E-state index in [-0.39, 0.29) is 5.78 Å². The number of nitrogens with zero attached hydrogens (tertiary/aromatic N) is 2. The highest BCUT2D eigenvalue weighted by atomic mass is 32.1. The van der Waals surface area contributed by atoms with Gasteiger partial charge in [0.2, 0.25) is 5.78 Å². The van der Waals surface area contributed by atoms with E-state index in [1.54, 1.807) is 5.38 Å². The molecule has 2 aromatic heterocycles. The Labute approximate surface area is 83.2 Å². The molecule has 0 saturated heterocycles. The van der Waals surface area contributed by atoms with Crippen LogP contribution in [0.2, 0.25) is 0 Å². The van der Waals surface area contributed by atoms with Crippen LogP contribution in [0.5, 0.6) is 0 Å². The highest BCUT2D eigenvalue weighted by Crippen LogP contribution is 2.19. The molecule has 66 valence electrons. The molecule has 0 aliphatic heterocycles. The van der Waals surface area contributed by atoms with Crippen LogP contribution in [0.3, 0.4) is 0 Å². The molecule has 0 aliphatic carbocycles. The first kappa shape index (κ1) is 8.52. The standard InChI is InChI=1S/C8H6N2OS2/c1-5-2-3-12-8(5)7(11)6-4-13-10-9-6/h2-4H,1H3. The number of thiophene rings is 1. The molecule has 0 spiro atoms. The van der Waals surface area contributed by atoms with Crippen LogP contribution in [-0.4, -0.2) is 15.4 Å². The number of hydrogen-bond acceptors (Lipinski definition) is 5. The van der Waals surface area contributed by atoms with Crippen molar-refractivity contribution in [2.75, 3.05) is 0 Å². The van der Waals surface area contributed by atoms with Crippen molar-refractivity contribution < 1.29 is 4.79 Å². The van der Waals surface area contributed by atoms with Crippen LogP contribution in [0.4, 0.5) is 0 Å². The Morgan fingerprint density at radius 2 is 2.38 bits per heavy atom. The topological polar surface area (TPSA) is 42.9 Å². The molecule has 0 N–H and O–H groups in total. The van der Waals surface area contributed by atoms with E-state index < -0.39 is 0 Å². The van der Waals surface area contributed by atoms with Gasteiger partial charge in [0.05, 0.1) is 4.88 Å². The lowest BCUT2D eigenvalue weighted by Gasteiger charge is -1.92. The highest BCUT2D eigenvalue weighted by Gasteiger charge is 2.14. The van der Waals surface area contributed by atoms with Crippen molar-refractivity contribution in [3.8, 4) is 0 Å². The third-order valence-electron chi connectivity index (χ3n) is 1.66. The van der Waals surface area contributed by atoms with Crippen LogP contribution in [0, 0.1) is 6.92 Å². The largest absolute Gasteiger partial charge is 0.286 e. The van der Waals surface area contributed by atoms with E-state index in [1.807, 2.05) is 18.4 Å². The zero-order valence-electron chi connectivity index (χ0n) is 6.85. The molecular formula is C8H6N2OS2. The van der Waals surface area contributed by atoms with Crippen molar-refractivity contribution in [2.24, 2.45) is 0 Å². The summed E-state index contributed by atoms with van der Waals surface area (Å²) in [4.78, 5) is 12.5. The SMILES string of the molecule is Cc1ccsc1C(=O)c1csnn1. The van der Waals surface area contributed by atoms with Gasteiger partial charge in [-0.3, -0.25) is 4.79 Å². The van der Waals surface area contributed by atoms with E-state index in [1.165, 1.54) is 22.9 Å². The average molecular weight is 210 g/mol. The minimum Gasteiger partial charge on any atom is -0.286 e. The molecule has 0 atom stereocenters. The number of hydrogen-bond donors (Lipinski definition) is 0. The Morgan fingerprint density at radius 1 is 1.54 bits per heavy atom. The molecule has 2 aromatic rings. The van der Waals surface area contributed by atoms with Gasteiger partial charge >= 0.3 is 0 Å². The van der Waals surface area contributed by atoms with E-state index in [0.717, 1.165) is 10.4 Å². The van der Waals surface area contributed by atoms with Gasteiger partial charge in [-0.25, -0.2) is 0 Å². The summed E-state index contributed by atoms with van der Waals surface area (Å²) in [6.07, 6.45) is 0. The van der Waals surface area contributed by atoms with Crippen molar-refractivity contribution in [1.29, 1.82) is 0 Å². The maximum absolute atomic E-state index is 11.7.